The zero-order valence-electron chi connectivity index (χ0n) is 18.7. The zero-order chi connectivity index (χ0) is 24.6. The van der Waals surface area contributed by atoms with Gasteiger partial charge in [-0.2, -0.15) is 4.98 Å². The zero-order valence-corrected chi connectivity index (χ0v) is 21.1. The molecule has 2 fully saturated rings. The molecule has 2 N–H and O–H groups in total. The van der Waals surface area contributed by atoms with Gasteiger partial charge < -0.3 is 15.1 Å². The molecule has 2 aromatic carbocycles. The topological polar surface area (TPSA) is 108 Å². The molecule has 1 aromatic heterocycles. The van der Waals surface area contributed by atoms with Crippen LogP contribution < -0.4 is 14.9 Å². The Bertz CT molecular complexity index is 1370. The fraction of sp³-hybridized carbons (Fsp3) is 0.348. The Labute approximate surface area is 213 Å². The van der Waals surface area contributed by atoms with E-state index >= 15 is 0 Å². The van der Waals surface area contributed by atoms with Crippen molar-refractivity contribution in [2.45, 2.75) is 23.8 Å². The number of carbonyl (C=O) groups excluding carboxylic acids is 1. The number of benzene rings is 2. The van der Waals surface area contributed by atoms with E-state index in [2.05, 4.69) is 20.0 Å². The molecule has 0 saturated carbocycles. The van der Waals surface area contributed by atoms with Gasteiger partial charge in [0.15, 0.2) is 5.82 Å². The van der Waals surface area contributed by atoms with Crippen LogP contribution in [0.25, 0.3) is 10.9 Å². The molecule has 0 radical (unpaired) electrons. The van der Waals surface area contributed by atoms with Crippen LogP contribution in [0.15, 0.2) is 47.4 Å². The predicted octanol–water partition coefficient (Wildman–Crippen LogP) is 3.14. The minimum atomic E-state index is -4.04. The Morgan fingerprint density at radius 1 is 1.06 bits per heavy atom. The van der Waals surface area contributed by atoms with E-state index in [1.165, 1.54) is 18.2 Å². The average molecular weight is 535 g/mol. The quantitative estimate of drug-likeness (QED) is 0.517. The van der Waals surface area contributed by atoms with E-state index < -0.39 is 10.0 Å². The first kappa shape index (κ1) is 24.1. The fourth-order valence-corrected chi connectivity index (χ4v) is 6.20. The number of fused-ring (bicyclic) bond motifs is 1. The molecule has 2 aliphatic rings. The lowest BCUT2D eigenvalue weighted by molar-refractivity contribution is -0.133. The predicted molar refractivity (Wildman–Crippen MR) is 137 cm³/mol. The normalized spacial score (nSPS) is 18.7. The first-order valence-corrected chi connectivity index (χ1v) is 13.6. The van der Waals surface area contributed by atoms with Gasteiger partial charge in [0, 0.05) is 36.6 Å². The number of aromatic nitrogens is 2. The molecule has 12 heteroatoms. The van der Waals surface area contributed by atoms with Crippen molar-refractivity contribution in [1.29, 1.82) is 0 Å². The summed E-state index contributed by atoms with van der Waals surface area (Å²) in [6.45, 7) is 3.07. The molecule has 5 rings (SSSR count). The number of nitrogens with one attached hydrogen (secondary N) is 2. The molecule has 3 heterocycles. The van der Waals surface area contributed by atoms with Gasteiger partial charge in [-0.05, 0) is 49.7 Å². The minimum Gasteiger partial charge on any atom is -0.338 e. The molecule has 2 aliphatic heterocycles. The van der Waals surface area contributed by atoms with Crippen LogP contribution in [0.5, 0.6) is 0 Å². The third kappa shape index (κ3) is 5.02. The van der Waals surface area contributed by atoms with Crippen molar-refractivity contribution in [3.05, 3.63) is 52.5 Å². The minimum absolute atomic E-state index is 0.0149. The van der Waals surface area contributed by atoms with Crippen LogP contribution in [0.3, 0.4) is 0 Å². The second kappa shape index (κ2) is 9.77. The number of rotatable bonds is 5. The van der Waals surface area contributed by atoms with Crippen LogP contribution in [0.2, 0.25) is 10.0 Å². The number of carbonyl (C=O) groups is 1. The van der Waals surface area contributed by atoms with Gasteiger partial charge in [0.25, 0.3) is 10.0 Å². The number of piperazine rings is 1. The Kier molecular flexibility index (Phi) is 6.71. The third-order valence-corrected chi connectivity index (χ3v) is 8.30. The van der Waals surface area contributed by atoms with Gasteiger partial charge in [-0.25, -0.2) is 13.4 Å². The lowest BCUT2D eigenvalue weighted by Gasteiger charge is -2.36. The van der Waals surface area contributed by atoms with Crippen molar-refractivity contribution in [1.82, 2.24) is 20.2 Å². The van der Waals surface area contributed by atoms with Crippen molar-refractivity contribution >= 4 is 61.8 Å². The van der Waals surface area contributed by atoms with Gasteiger partial charge in [0.05, 0.1) is 16.6 Å². The fourth-order valence-electron chi connectivity index (χ4n) is 4.40. The summed E-state index contributed by atoms with van der Waals surface area (Å²) in [5, 5.41) is 4.17. The largest absolute Gasteiger partial charge is 0.338 e. The first-order chi connectivity index (χ1) is 16.8. The second-order valence-electron chi connectivity index (χ2n) is 8.53. The standard InChI is InChI=1S/C23H24Cl2N6O3S/c24-15-7-8-20(17(25)14-15)35(33,34)29-21-16-4-1-2-5-18(16)27-23(28-21)31-12-10-30(11-13-31)22(32)19-6-3-9-26-19/h1-2,4-5,7-8,14,19,26H,3,6,9-13H2,(H,27,28,29)/t19-/m1/s1. The molecule has 0 unspecified atom stereocenters. The first-order valence-electron chi connectivity index (χ1n) is 11.3. The molecular formula is C23H24Cl2N6O3S. The Balaban J connectivity index is 1.41. The van der Waals surface area contributed by atoms with Gasteiger partial charge in [-0.3, -0.25) is 9.52 Å². The number of amides is 1. The molecule has 35 heavy (non-hydrogen) atoms. The Morgan fingerprint density at radius 2 is 1.83 bits per heavy atom. The molecule has 0 spiro atoms. The lowest BCUT2D eigenvalue weighted by atomic mass is 10.2. The van der Waals surface area contributed by atoms with Crippen molar-refractivity contribution in [2.24, 2.45) is 0 Å². The van der Waals surface area contributed by atoms with Crippen LogP contribution in [0, 0.1) is 0 Å². The van der Waals surface area contributed by atoms with E-state index in [0.717, 1.165) is 19.4 Å². The van der Waals surface area contributed by atoms with E-state index in [9.17, 15) is 13.2 Å². The summed E-state index contributed by atoms with van der Waals surface area (Å²) >= 11 is 12.1. The van der Waals surface area contributed by atoms with Crippen molar-refractivity contribution in [2.75, 3.05) is 42.3 Å². The number of hydrogen-bond acceptors (Lipinski definition) is 7. The maximum absolute atomic E-state index is 13.1. The Morgan fingerprint density at radius 3 is 2.54 bits per heavy atom. The van der Waals surface area contributed by atoms with Crippen molar-refractivity contribution < 1.29 is 13.2 Å². The summed E-state index contributed by atoms with van der Waals surface area (Å²) in [5.41, 5.74) is 0.603. The highest BCUT2D eigenvalue weighted by Crippen LogP contribution is 2.30. The molecule has 0 aliphatic carbocycles. The monoisotopic (exact) mass is 534 g/mol. The van der Waals surface area contributed by atoms with Crippen LogP contribution >= 0.6 is 23.2 Å². The summed E-state index contributed by atoms with van der Waals surface area (Å²) in [6.07, 6.45) is 1.88. The lowest BCUT2D eigenvalue weighted by Crippen LogP contribution is -2.53. The van der Waals surface area contributed by atoms with E-state index in [-0.39, 0.29) is 27.7 Å². The maximum Gasteiger partial charge on any atom is 0.264 e. The van der Waals surface area contributed by atoms with E-state index in [1.54, 1.807) is 18.2 Å². The number of halogens is 2. The molecule has 9 nitrogen and oxygen atoms in total. The molecular weight excluding hydrogens is 511 g/mol. The molecule has 1 atom stereocenters. The number of anilines is 2. The SMILES string of the molecule is O=C([C@H]1CCCN1)N1CCN(c2nc(NS(=O)(=O)c3ccc(Cl)cc3Cl)c3ccccc3n2)CC1. The van der Waals surface area contributed by atoms with Crippen LogP contribution in [-0.4, -0.2) is 68.0 Å². The van der Waals surface area contributed by atoms with Gasteiger partial charge in [-0.15, -0.1) is 0 Å². The number of nitrogens with zero attached hydrogens (tertiary/aromatic N) is 4. The Hall–Kier alpha value is -2.66. The number of para-hydroxylation sites is 1. The average Bonchev–Trinajstić information content (AvgIpc) is 3.38. The van der Waals surface area contributed by atoms with Crippen LogP contribution in [0.4, 0.5) is 11.8 Å². The van der Waals surface area contributed by atoms with E-state index in [4.69, 9.17) is 23.2 Å². The molecule has 2 saturated heterocycles. The van der Waals surface area contributed by atoms with Gasteiger partial charge in [0.2, 0.25) is 11.9 Å². The highest BCUT2D eigenvalue weighted by Gasteiger charge is 2.30. The van der Waals surface area contributed by atoms with Gasteiger partial charge in [-0.1, -0.05) is 35.3 Å². The molecule has 0 bridgehead atoms. The summed E-state index contributed by atoms with van der Waals surface area (Å²) in [5.74, 6) is 0.690. The van der Waals surface area contributed by atoms with Crippen molar-refractivity contribution in [3.63, 3.8) is 0 Å². The summed E-state index contributed by atoms with van der Waals surface area (Å²) < 4.78 is 28.9. The van der Waals surface area contributed by atoms with Gasteiger partial charge in [0.1, 0.15) is 4.90 Å². The number of hydrogen-bond donors (Lipinski definition) is 2. The highest BCUT2D eigenvalue weighted by atomic mass is 35.5. The molecule has 1 amide bonds. The molecule has 3 aromatic rings. The number of sulfonamides is 1. The van der Waals surface area contributed by atoms with Crippen LogP contribution in [-0.2, 0) is 14.8 Å². The van der Waals surface area contributed by atoms with Crippen LogP contribution in [0.1, 0.15) is 12.8 Å². The smallest absolute Gasteiger partial charge is 0.264 e. The summed E-state index contributed by atoms with van der Waals surface area (Å²) in [4.78, 5) is 25.7. The van der Waals surface area contributed by atoms with Gasteiger partial charge >= 0.3 is 0 Å². The summed E-state index contributed by atoms with van der Waals surface area (Å²) in [7, 11) is -4.04. The molecule has 184 valence electrons. The maximum atomic E-state index is 13.1. The second-order valence-corrected chi connectivity index (χ2v) is 11.0. The third-order valence-electron chi connectivity index (χ3n) is 6.24. The van der Waals surface area contributed by atoms with Crippen molar-refractivity contribution in [3.8, 4) is 0 Å². The van der Waals surface area contributed by atoms with E-state index in [1.807, 2.05) is 15.9 Å². The summed E-state index contributed by atoms with van der Waals surface area (Å²) in [6, 6.07) is 11.3. The van der Waals surface area contributed by atoms with E-state index in [0.29, 0.717) is 48.1 Å². The highest BCUT2D eigenvalue weighted by molar-refractivity contribution is 7.92.